The second kappa shape index (κ2) is 11.1. The van der Waals surface area contributed by atoms with Crippen LogP contribution in [0.4, 0.5) is 20.4 Å². The number of aromatic nitrogens is 4. The number of nitrogens with zero attached hydrogens (tertiary/aromatic N) is 6. The Bertz CT molecular complexity index is 1390. The molecule has 0 saturated carbocycles. The highest BCUT2D eigenvalue weighted by Gasteiger charge is 2.19. The van der Waals surface area contributed by atoms with Crippen LogP contribution in [0, 0.1) is 11.6 Å². The molecule has 0 radical (unpaired) electrons. The zero-order chi connectivity index (χ0) is 25.9. The zero-order valence-corrected chi connectivity index (χ0v) is 21.0. The SMILES string of the molecule is Fc1cc(-n2ccc3cnc(Nc4ccnc(CN5CCNCC5)c4)nc32)cc(F)c1CN1CCOCC1. The number of halogens is 2. The summed E-state index contributed by atoms with van der Waals surface area (Å²) in [5, 5.41) is 7.37. The Labute approximate surface area is 219 Å². The van der Waals surface area contributed by atoms with Crippen LogP contribution < -0.4 is 10.6 Å². The van der Waals surface area contributed by atoms with E-state index in [9.17, 15) is 0 Å². The predicted molar refractivity (Wildman–Crippen MR) is 141 cm³/mol. The van der Waals surface area contributed by atoms with Gasteiger partial charge in [0.1, 0.15) is 17.3 Å². The number of piperazine rings is 1. The van der Waals surface area contributed by atoms with Gasteiger partial charge in [0.15, 0.2) is 0 Å². The van der Waals surface area contributed by atoms with E-state index in [1.165, 1.54) is 12.1 Å². The third-order valence-electron chi connectivity index (χ3n) is 6.98. The highest BCUT2D eigenvalue weighted by atomic mass is 19.1. The molecule has 2 fully saturated rings. The van der Waals surface area contributed by atoms with Gasteiger partial charge in [0.05, 0.1) is 24.6 Å². The summed E-state index contributed by atoms with van der Waals surface area (Å²) in [7, 11) is 0. The fourth-order valence-corrected chi connectivity index (χ4v) is 4.92. The number of anilines is 2. The fourth-order valence-electron chi connectivity index (χ4n) is 4.92. The molecule has 5 heterocycles. The van der Waals surface area contributed by atoms with Crippen molar-refractivity contribution in [2.75, 3.05) is 57.8 Å². The number of morpholine rings is 1. The van der Waals surface area contributed by atoms with Gasteiger partial charge in [0, 0.05) is 87.6 Å². The van der Waals surface area contributed by atoms with Crippen LogP contribution in [-0.2, 0) is 17.8 Å². The second-order valence-corrected chi connectivity index (χ2v) is 9.62. The first kappa shape index (κ1) is 24.8. The minimum absolute atomic E-state index is 0.0680. The smallest absolute Gasteiger partial charge is 0.229 e. The highest BCUT2D eigenvalue weighted by molar-refractivity contribution is 5.78. The van der Waals surface area contributed by atoms with Crippen LogP contribution in [0.5, 0.6) is 0 Å². The first-order valence-corrected chi connectivity index (χ1v) is 12.9. The van der Waals surface area contributed by atoms with Crippen LogP contribution in [-0.4, -0.2) is 81.8 Å². The number of pyridine rings is 1. The normalized spacial score (nSPS) is 17.2. The van der Waals surface area contributed by atoms with Gasteiger partial charge in [0.25, 0.3) is 0 Å². The van der Waals surface area contributed by atoms with Gasteiger partial charge >= 0.3 is 0 Å². The Balaban J connectivity index is 1.22. The molecule has 1 aromatic carbocycles. The van der Waals surface area contributed by atoms with Crippen molar-refractivity contribution in [1.82, 2.24) is 34.6 Å². The van der Waals surface area contributed by atoms with E-state index in [-0.39, 0.29) is 12.1 Å². The lowest BCUT2D eigenvalue weighted by Gasteiger charge is -2.27. The summed E-state index contributed by atoms with van der Waals surface area (Å²) in [4.78, 5) is 18.0. The molecular formula is C27H30F2N8O. The zero-order valence-electron chi connectivity index (χ0n) is 21.0. The van der Waals surface area contributed by atoms with Gasteiger partial charge in [-0.15, -0.1) is 0 Å². The summed E-state index contributed by atoms with van der Waals surface area (Å²) in [5.74, 6) is -0.759. The number of nitrogens with one attached hydrogen (secondary N) is 2. The fraction of sp³-hybridized carbons (Fsp3) is 0.370. The lowest BCUT2D eigenvalue weighted by molar-refractivity contribution is 0.0332. The molecular weight excluding hydrogens is 490 g/mol. The molecule has 3 aromatic heterocycles. The Hall–Kier alpha value is -3.51. The molecule has 38 heavy (non-hydrogen) atoms. The molecule has 11 heteroatoms. The van der Waals surface area contributed by atoms with Crippen LogP contribution >= 0.6 is 0 Å². The van der Waals surface area contributed by atoms with Crippen molar-refractivity contribution in [1.29, 1.82) is 0 Å². The standard InChI is InChI=1S/C27H30F2N8O/c28-24-14-22(15-25(29)23(24)18-36-9-11-38-12-10-36)37-6-2-19-16-32-27(34-26(19)37)33-20-1-3-31-21(13-20)17-35-7-4-30-5-8-35/h1-3,6,13-16,30H,4-5,7-12,17-18H2,(H,31,32,33,34). The molecule has 2 aliphatic rings. The first-order chi connectivity index (χ1) is 18.6. The van der Waals surface area contributed by atoms with E-state index < -0.39 is 11.6 Å². The molecule has 6 rings (SSSR count). The third kappa shape index (κ3) is 5.51. The van der Waals surface area contributed by atoms with Crippen molar-refractivity contribution in [2.24, 2.45) is 0 Å². The Morgan fingerprint density at radius 3 is 2.47 bits per heavy atom. The Kier molecular flexibility index (Phi) is 7.23. The number of fused-ring (bicyclic) bond motifs is 1. The van der Waals surface area contributed by atoms with Crippen LogP contribution in [0.25, 0.3) is 16.7 Å². The van der Waals surface area contributed by atoms with Crippen LogP contribution in [0.15, 0.2) is 48.9 Å². The molecule has 0 bridgehead atoms. The van der Waals surface area contributed by atoms with Crippen LogP contribution in [0.3, 0.4) is 0 Å². The van der Waals surface area contributed by atoms with Gasteiger partial charge in [-0.3, -0.25) is 14.8 Å². The van der Waals surface area contributed by atoms with E-state index in [0.29, 0.717) is 43.6 Å². The highest BCUT2D eigenvalue weighted by Crippen LogP contribution is 2.25. The molecule has 2 N–H and O–H groups in total. The molecule has 0 atom stereocenters. The van der Waals surface area contributed by atoms with Crippen molar-refractivity contribution in [3.05, 3.63) is 71.8 Å². The first-order valence-electron chi connectivity index (χ1n) is 12.9. The van der Waals surface area contributed by atoms with Crippen molar-refractivity contribution in [3.63, 3.8) is 0 Å². The molecule has 0 aliphatic carbocycles. The summed E-state index contributed by atoms with van der Waals surface area (Å²) in [6.07, 6.45) is 5.21. The lowest BCUT2D eigenvalue weighted by Crippen LogP contribution is -2.43. The van der Waals surface area contributed by atoms with Crippen molar-refractivity contribution < 1.29 is 13.5 Å². The van der Waals surface area contributed by atoms with E-state index in [1.807, 2.05) is 23.1 Å². The van der Waals surface area contributed by atoms with Gasteiger partial charge in [-0.2, -0.15) is 4.98 Å². The topological polar surface area (TPSA) is 83.4 Å². The van der Waals surface area contributed by atoms with E-state index in [0.717, 1.165) is 49.5 Å². The number of benzene rings is 1. The molecule has 198 valence electrons. The maximum absolute atomic E-state index is 15.1. The maximum atomic E-state index is 15.1. The summed E-state index contributed by atoms with van der Waals surface area (Å²) in [6.45, 7) is 7.40. The van der Waals surface area contributed by atoms with Crippen LogP contribution in [0.2, 0.25) is 0 Å². The van der Waals surface area contributed by atoms with Gasteiger partial charge in [0.2, 0.25) is 5.95 Å². The second-order valence-electron chi connectivity index (χ2n) is 9.62. The van der Waals surface area contributed by atoms with E-state index >= 15 is 8.78 Å². The third-order valence-corrected chi connectivity index (χ3v) is 6.98. The van der Waals surface area contributed by atoms with Crippen molar-refractivity contribution in [2.45, 2.75) is 13.1 Å². The monoisotopic (exact) mass is 520 g/mol. The van der Waals surface area contributed by atoms with Crippen molar-refractivity contribution >= 4 is 22.7 Å². The van der Waals surface area contributed by atoms with Crippen molar-refractivity contribution in [3.8, 4) is 5.69 Å². The van der Waals surface area contributed by atoms with E-state index in [1.54, 1.807) is 23.2 Å². The molecule has 0 amide bonds. The largest absolute Gasteiger partial charge is 0.379 e. The average molecular weight is 521 g/mol. The molecule has 2 aliphatic heterocycles. The summed E-state index contributed by atoms with van der Waals surface area (Å²) in [5.41, 5.74) is 2.78. The van der Waals surface area contributed by atoms with Crippen LogP contribution in [0.1, 0.15) is 11.3 Å². The lowest BCUT2D eigenvalue weighted by atomic mass is 10.1. The molecule has 9 nitrogen and oxygen atoms in total. The molecule has 0 unspecified atom stereocenters. The summed E-state index contributed by atoms with van der Waals surface area (Å²) < 4.78 is 37.1. The summed E-state index contributed by atoms with van der Waals surface area (Å²) >= 11 is 0. The van der Waals surface area contributed by atoms with Gasteiger partial charge < -0.3 is 19.9 Å². The Morgan fingerprint density at radius 2 is 1.68 bits per heavy atom. The van der Waals surface area contributed by atoms with Gasteiger partial charge in [-0.05, 0) is 30.3 Å². The summed E-state index contributed by atoms with van der Waals surface area (Å²) in [6, 6.07) is 8.41. The molecule has 0 spiro atoms. The quantitative estimate of drug-likeness (QED) is 0.385. The minimum atomic E-state index is -0.574. The maximum Gasteiger partial charge on any atom is 0.229 e. The van der Waals surface area contributed by atoms with Gasteiger partial charge in [-0.25, -0.2) is 13.8 Å². The predicted octanol–water partition coefficient (Wildman–Crippen LogP) is 3.07. The minimum Gasteiger partial charge on any atom is -0.379 e. The molecule has 4 aromatic rings. The number of rotatable bonds is 7. The average Bonchev–Trinajstić information content (AvgIpc) is 3.35. The number of ether oxygens (including phenoxy) is 1. The Morgan fingerprint density at radius 1 is 0.921 bits per heavy atom. The molecule has 2 saturated heterocycles. The van der Waals surface area contributed by atoms with E-state index in [2.05, 4.69) is 30.5 Å². The van der Waals surface area contributed by atoms with Gasteiger partial charge in [-0.1, -0.05) is 0 Å². The number of hydrogen-bond donors (Lipinski definition) is 2. The number of hydrogen-bond acceptors (Lipinski definition) is 8. The van der Waals surface area contributed by atoms with E-state index in [4.69, 9.17) is 4.74 Å².